The van der Waals surface area contributed by atoms with Gasteiger partial charge in [-0.05, 0) is 66.1 Å². The number of hydrogen-bond acceptors (Lipinski definition) is 5. The number of halogens is 1. The zero-order valence-electron chi connectivity index (χ0n) is 21.4. The fourth-order valence-electron chi connectivity index (χ4n) is 5.02. The lowest BCUT2D eigenvalue weighted by Gasteiger charge is -2.32. The molecule has 7 nitrogen and oxygen atoms in total. The highest BCUT2D eigenvalue weighted by atomic mass is 19.1. The number of carboxylic acid groups (broad SMARTS) is 1. The van der Waals surface area contributed by atoms with Crippen LogP contribution in [-0.2, 0) is 22.6 Å². The Kier molecular flexibility index (Phi) is 7.62. The molecule has 0 aromatic heterocycles. The number of aliphatic imine (C=N–C) groups is 1. The average molecular weight is 515 g/mol. The van der Waals surface area contributed by atoms with Crippen LogP contribution in [0.25, 0.3) is 0 Å². The highest BCUT2D eigenvalue weighted by Gasteiger charge is 2.35. The predicted octanol–water partition coefficient (Wildman–Crippen LogP) is 4.45. The number of anilines is 1. The van der Waals surface area contributed by atoms with Crippen molar-refractivity contribution in [2.24, 2.45) is 4.99 Å². The van der Waals surface area contributed by atoms with E-state index in [-0.39, 0.29) is 12.3 Å². The van der Waals surface area contributed by atoms with Gasteiger partial charge in [-0.3, -0.25) is 19.5 Å². The molecule has 2 heterocycles. The zero-order chi connectivity index (χ0) is 26.6. The molecule has 0 radical (unpaired) electrons. The molecule has 0 saturated carbocycles. The molecule has 2 aliphatic rings. The van der Waals surface area contributed by atoms with Gasteiger partial charge < -0.3 is 15.3 Å². The Labute approximate surface area is 221 Å². The van der Waals surface area contributed by atoms with E-state index in [0.717, 1.165) is 43.9 Å². The first kappa shape index (κ1) is 25.8. The number of amides is 1. The normalized spacial score (nSPS) is 18.3. The van der Waals surface area contributed by atoms with Gasteiger partial charge in [-0.1, -0.05) is 36.4 Å². The molecule has 1 amide bonds. The molecule has 3 aromatic rings. The summed E-state index contributed by atoms with van der Waals surface area (Å²) in [4.78, 5) is 34.0. The summed E-state index contributed by atoms with van der Waals surface area (Å²) in [5.41, 5.74) is 5.13. The molecule has 1 atom stereocenters. The van der Waals surface area contributed by atoms with Gasteiger partial charge in [-0.2, -0.15) is 0 Å². The number of carbonyl (C=O) groups is 2. The van der Waals surface area contributed by atoms with E-state index in [4.69, 9.17) is 10.1 Å². The Balaban J connectivity index is 1.47. The minimum atomic E-state index is -0.868. The van der Waals surface area contributed by atoms with Gasteiger partial charge in [0.2, 0.25) is 5.91 Å². The molecule has 3 aromatic carbocycles. The van der Waals surface area contributed by atoms with E-state index >= 15 is 0 Å². The van der Waals surface area contributed by atoms with E-state index < -0.39 is 17.7 Å². The van der Waals surface area contributed by atoms with Crippen LogP contribution in [-0.4, -0.2) is 65.7 Å². The number of rotatable bonds is 8. The van der Waals surface area contributed by atoms with E-state index in [1.165, 1.54) is 17.7 Å². The molecular formula is C30H31FN4O3. The van der Waals surface area contributed by atoms with Gasteiger partial charge in [0.15, 0.2) is 0 Å². The smallest absolute Gasteiger partial charge is 0.303 e. The van der Waals surface area contributed by atoms with Crippen molar-refractivity contribution in [3.8, 4) is 0 Å². The summed E-state index contributed by atoms with van der Waals surface area (Å²) in [5, 5.41) is 11.9. The number of likely N-dealkylation sites (N-methyl/N-ethyl adjacent to an activating group) is 1. The van der Waals surface area contributed by atoms with Gasteiger partial charge >= 0.3 is 5.97 Å². The fourth-order valence-corrected chi connectivity index (χ4v) is 5.02. The first-order valence-electron chi connectivity index (χ1n) is 12.9. The lowest BCUT2D eigenvalue weighted by atomic mass is 9.89. The van der Waals surface area contributed by atoms with Crippen LogP contribution in [0.1, 0.15) is 34.6 Å². The number of carbonyl (C=O) groups excluding carboxylic acids is 1. The van der Waals surface area contributed by atoms with Crippen molar-refractivity contribution in [1.82, 2.24) is 9.80 Å². The van der Waals surface area contributed by atoms with Gasteiger partial charge in [-0.15, -0.1) is 0 Å². The molecule has 0 bridgehead atoms. The first-order valence-corrected chi connectivity index (χ1v) is 12.9. The summed E-state index contributed by atoms with van der Waals surface area (Å²) in [6.07, 6.45) is 0.382. The van der Waals surface area contributed by atoms with Crippen LogP contribution < -0.4 is 5.32 Å². The van der Waals surface area contributed by atoms with Crippen molar-refractivity contribution in [2.45, 2.75) is 25.3 Å². The Morgan fingerprint density at radius 2 is 1.79 bits per heavy atom. The third kappa shape index (κ3) is 5.98. The minimum absolute atomic E-state index is 0.0106. The second kappa shape index (κ2) is 11.2. The van der Waals surface area contributed by atoms with Crippen LogP contribution in [0.3, 0.4) is 0 Å². The number of piperazine rings is 1. The molecule has 1 unspecified atom stereocenters. The standard InChI is InChI=1S/C30H31FN4O3/c1-34-13-15-35(16-14-34)19-21-5-9-24(10-6-21)32-29(22-4-2-3-20(17-22)7-12-27(36)37)28-25-11-8-23(31)18-26(25)33-30(28)38/h2-6,8-11,17-18,28H,7,12-16,19H2,1H3,(H,33,38)(H,36,37). The zero-order valence-corrected chi connectivity index (χ0v) is 21.4. The summed E-state index contributed by atoms with van der Waals surface area (Å²) >= 11 is 0. The average Bonchev–Trinajstić information content (AvgIpc) is 3.23. The maximum Gasteiger partial charge on any atom is 0.303 e. The van der Waals surface area contributed by atoms with Gasteiger partial charge in [0.05, 0.1) is 11.4 Å². The van der Waals surface area contributed by atoms with Gasteiger partial charge in [0, 0.05) is 44.8 Å². The highest BCUT2D eigenvalue weighted by Crippen LogP contribution is 2.37. The Morgan fingerprint density at radius 3 is 2.53 bits per heavy atom. The van der Waals surface area contributed by atoms with Crippen molar-refractivity contribution < 1.29 is 19.1 Å². The fraction of sp³-hybridized carbons (Fsp3) is 0.300. The van der Waals surface area contributed by atoms with Crippen molar-refractivity contribution >= 4 is 29.0 Å². The Hall–Kier alpha value is -3.88. The molecule has 5 rings (SSSR count). The molecule has 1 fully saturated rings. The first-order chi connectivity index (χ1) is 18.4. The van der Waals surface area contributed by atoms with Crippen LogP contribution in [0, 0.1) is 5.82 Å². The van der Waals surface area contributed by atoms with Crippen LogP contribution in [0.2, 0.25) is 0 Å². The van der Waals surface area contributed by atoms with E-state index in [0.29, 0.717) is 29.1 Å². The summed E-state index contributed by atoms with van der Waals surface area (Å²) in [6.45, 7) is 5.07. The second-order valence-electron chi connectivity index (χ2n) is 9.99. The van der Waals surface area contributed by atoms with Crippen molar-refractivity contribution in [2.75, 3.05) is 38.5 Å². The maximum absolute atomic E-state index is 13.9. The van der Waals surface area contributed by atoms with Crippen molar-refractivity contribution in [1.29, 1.82) is 0 Å². The molecule has 0 aliphatic carbocycles. The topological polar surface area (TPSA) is 85.2 Å². The number of nitrogens with one attached hydrogen (secondary N) is 1. The SMILES string of the molecule is CN1CCN(Cc2ccc(N=C(c3cccc(CCC(=O)O)c3)C3C(=O)Nc4cc(F)ccc43)cc2)CC1. The van der Waals surface area contributed by atoms with Crippen molar-refractivity contribution in [3.63, 3.8) is 0 Å². The van der Waals surface area contributed by atoms with Gasteiger partial charge in [-0.25, -0.2) is 4.39 Å². The van der Waals surface area contributed by atoms with Gasteiger partial charge in [0.25, 0.3) is 0 Å². The number of hydrogen-bond donors (Lipinski definition) is 2. The number of carboxylic acids is 1. The van der Waals surface area contributed by atoms with E-state index in [1.807, 2.05) is 36.4 Å². The Morgan fingerprint density at radius 1 is 1.03 bits per heavy atom. The van der Waals surface area contributed by atoms with Crippen LogP contribution in [0.5, 0.6) is 0 Å². The summed E-state index contributed by atoms with van der Waals surface area (Å²) in [6, 6.07) is 19.8. The molecule has 8 heteroatoms. The van der Waals surface area contributed by atoms with Crippen LogP contribution >= 0.6 is 0 Å². The lowest BCUT2D eigenvalue weighted by Crippen LogP contribution is -2.43. The molecule has 1 saturated heterocycles. The number of aryl methyl sites for hydroxylation is 1. The predicted molar refractivity (Wildman–Crippen MR) is 146 cm³/mol. The monoisotopic (exact) mass is 514 g/mol. The molecule has 2 N–H and O–H groups in total. The number of aliphatic carboxylic acids is 1. The number of fused-ring (bicyclic) bond motifs is 1. The summed E-state index contributed by atoms with van der Waals surface area (Å²) < 4.78 is 13.9. The number of nitrogens with zero attached hydrogens (tertiary/aromatic N) is 3. The lowest BCUT2D eigenvalue weighted by molar-refractivity contribution is -0.137. The molecule has 196 valence electrons. The molecule has 2 aliphatic heterocycles. The third-order valence-electron chi connectivity index (χ3n) is 7.16. The largest absolute Gasteiger partial charge is 0.481 e. The second-order valence-corrected chi connectivity index (χ2v) is 9.99. The Bertz CT molecular complexity index is 1360. The third-order valence-corrected chi connectivity index (χ3v) is 7.16. The molecule has 0 spiro atoms. The van der Waals surface area contributed by atoms with Crippen molar-refractivity contribution in [3.05, 3.63) is 94.8 Å². The minimum Gasteiger partial charge on any atom is -0.481 e. The number of benzene rings is 3. The van der Waals surface area contributed by atoms with E-state index in [9.17, 15) is 14.0 Å². The van der Waals surface area contributed by atoms with Crippen LogP contribution in [0.15, 0.2) is 71.7 Å². The molecular weight excluding hydrogens is 483 g/mol. The molecule has 38 heavy (non-hydrogen) atoms. The summed E-state index contributed by atoms with van der Waals surface area (Å²) in [5.74, 6) is -2.28. The summed E-state index contributed by atoms with van der Waals surface area (Å²) in [7, 11) is 2.14. The highest BCUT2D eigenvalue weighted by molar-refractivity contribution is 6.24. The van der Waals surface area contributed by atoms with E-state index in [2.05, 4.69) is 34.3 Å². The quantitative estimate of drug-likeness (QED) is 0.434. The van der Waals surface area contributed by atoms with Gasteiger partial charge in [0.1, 0.15) is 11.7 Å². The maximum atomic E-state index is 13.9. The van der Waals surface area contributed by atoms with E-state index in [1.54, 1.807) is 6.07 Å². The van der Waals surface area contributed by atoms with Crippen LogP contribution in [0.4, 0.5) is 15.8 Å².